The fourth-order valence-electron chi connectivity index (χ4n) is 2.62. The highest BCUT2D eigenvalue weighted by molar-refractivity contribution is 5.94. The molecule has 0 radical (unpaired) electrons. The lowest BCUT2D eigenvalue weighted by Crippen LogP contribution is -2.45. The van der Waals surface area contributed by atoms with Crippen molar-refractivity contribution in [2.75, 3.05) is 18.6 Å². The Kier molecular flexibility index (Phi) is 5.03. The van der Waals surface area contributed by atoms with Crippen molar-refractivity contribution in [3.63, 3.8) is 0 Å². The molecule has 1 aromatic rings. The van der Waals surface area contributed by atoms with Crippen molar-refractivity contribution in [2.24, 2.45) is 11.8 Å². The minimum absolute atomic E-state index is 0.127. The van der Waals surface area contributed by atoms with Crippen LogP contribution in [0.3, 0.4) is 0 Å². The van der Waals surface area contributed by atoms with Gasteiger partial charge in [-0.25, -0.2) is 4.79 Å². The van der Waals surface area contributed by atoms with Crippen molar-refractivity contribution >= 4 is 17.7 Å². The summed E-state index contributed by atoms with van der Waals surface area (Å²) in [4.78, 5) is 25.8. The normalized spacial score (nSPS) is 20.1. The van der Waals surface area contributed by atoms with Gasteiger partial charge in [-0.2, -0.15) is 5.01 Å². The number of rotatable bonds is 5. The number of nitrogens with one attached hydrogen (secondary N) is 1. The molecule has 1 saturated heterocycles. The molecule has 0 aliphatic carbocycles. The van der Waals surface area contributed by atoms with E-state index in [0.717, 1.165) is 5.69 Å². The van der Waals surface area contributed by atoms with Gasteiger partial charge < -0.3 is 4.74 Å². The Labute approximate surface area is 131 Å². The Morgan fingerprint density at radius 3 is 2.50 bits per heavy atom. The second-order valence-corrected chi connectivity index (χ2v) is 5.78. The summed E-state index contributed by atoms with van der Waals surface area (Å²) >= 11 is 0. The van der Waals surface area contributed by atoms with E-state index >= 15 is 0 Å². The van der Waals surface area contributed by atoms with Crippen LogP contribution in [0.2, 0.25) is 0 Å². The number of hydrazine groups is 1. The molecule has 2 atom stereocenters. The molecule has 6 heteroatoms. The average molecular weight is 305 g/mol. The summed E-state index contributed by atoms with van der Waals surface area (Å²) in [6.07, 6.45) is -0.180. The van der Waals surface area contributed by atoms with E-state index in [1.165, 1.54) is 7.11 Å². The number of urea groups is 1. The number of esters is 1. The van der Waals surface area contributed by atoms with Crippen molar-refractivity contribution in [1.29, 1.82) is 0 Å². The van der Waals surface area contributed by atoms with Gasteiger partial charge in [-0.1, -0.05) is 32.0 Å². The maximum atomic E-state index is 12.2. The fraction of sp³-hybridized carbons (Fsp3) is 0.500. The molecule has 0 bridgehead atoms. The van der Waals surface area contributed by atoms with Crippen molar-refractivity contribution in [3.05, 3.63) is 30.3 Å². The third kappa shape index (κ3) is 3.22. The smallest absolute Gasteiger partial charge is 0.337 e. The van der Waals surface area contributed by atoms with E-state index in [9.17, 15) is 9.59 Å². The van der Waals surface area contributed by atoms with Crippen molar-refractivity contribution in [2.45, 2.75) is 26.9 Å². The van der Waals surface area contributed by atoms with E-state index in [1.807, 2.05) is 51.1 Å². The molecule has 1 aliphatic rings. The number of anilines is 1. The quantitative estimate of drug-likeness (QED) is 0.847. The van der Waals surface area contributed by atoms with E-state index in [1.54, 1.807) is 9.91 Å². The summed E-state index contributed by atoms with van der Waals surface area (Å²) in [5, 5.41) is 1.79. The van der Waals surface area contributed by atoms with E-state index < -0.39 is 0 Å². The topological polar surface area (TPSA) is 61.9 Å². The van der Waals surface area contributed by atoms with E-state index in [4.69, 9.17) is 4.74 Å². The second-order valence-electron chi connectivity index (χ2n) is 5.78. The Morgan fingerprint density at radius 1 is 1.32 bits per heavy atom. The van der Waals surface area contributed by atoms with Crippen LogP contribution in [-0.4, -0.2) is 36.8 Å². The number of carbonyl (C=O) groups is 2. The highest BCUT2D eigenvalue weighted by Gasteiger charge is 2.38. The molecule has 1 heterocycles. The molecule has 0 spiro atoms. The number of para-hydroxylation sites is 1. The van der Waals surface area contributed by atoms with Gasteiger partial charge in [-0.3, -0.25) is 15.1 Å². The van der Waals surface area contributed by atoms with Gasteiger partial charge in [0.15, 0.2) is 0 Å². The lowest BCUT2D eigenvalue weighted by molar-refractivity contribution is -0.148. The molecule has 1 N–H and O–H groups in total. The number of nitrogens with zero attached hydrogens (tertiary/aromatic N) is 2. The number of benzene rings is 1. The Hall–Kier alpha value is -2.08. The van der Waals surface area contributed by atoms with Crippen LogP contribution in [0.1, 0.15) is 20.8 Å². The predicted octanol–water partition coefficient (Wildman–Crippen LogP) is 2.22. The number of amides is 2. The standard InChI is InChI=1S/C16H23N3O3/c1-11(2)14(15(20)22-4)10-18-12(3)19(16(21)17-18)13-8-6-5-7-9-13/h5-9,11-12,14H,10H2,1-4H3,(H,17,21). The molecule has 1 fully saturated rings. The predicted molar refractivity (Wildman–Crippen MR) is 84.0 cm³/mol. The van der Waals surface area contributed by atoms with E-state index in [0.29, 0.717) is 6.54 Å². The van der Waals surface area contributed by atoms with Gasteiger partial charge >= 0.3 is 12.0 Å². The summed E-state index contributed by atoms with van der Waals surface area (Å²) in [6.45, 7) is 6.29. The molecule has 0 aromatic heterocycles. The van der Waals surface area contributed by atoms with Crippen molar-refractivity contribution < 1.29 is 14.3 Å². The number of hydrogen-bond donors (Lipinski definition) is 1. The minimum atomic E-state index is -0.288. The maximum Gasteiger partial charge on any atom is 0.337 e. The molecule has 120 valence electrons. The third-order valence-corrected chi connectivity index (χ3v) is 4.02. The van der Waals surface area contributed by atoms with Crippen LogP contribution < -0.4 is 10.3 Å². The highest BCUT2D eigenvalue weighted by atomic mass is 16.5. The third-order valence-electron chi connectivity index (χ3n) is 4.02. The van der Waals surface area contributed by atoms with Crippen LogP contribution in [0.15, 0.2) is 30.3 Å². The number of hydrogen-bond acceptors (Lipinski definition) is 4. The van der Waals surface area contributed by atoms with E-state index in [2.05, 4.69) is 5.43 Å². The molecule has 1 aromatic carbocycles. The molecule has 0 saturated carbocycles. The van der Waals surface area contributed by atoms with E-state index in [-0.39, 0.29) is 30.0 Å². The molecule has 1 aliphatic heterocycles. The van der Waals surface area contributed by atoms with Gasteiger partial charge in [-0.15, -0.1) is 0 Å². The maximum absolute atomic E-state index is 12.2. The van der Waals surface area contributed by atoms with Crippen molar-refractivity contribution in [1.82, 2.24) is 10.4 Å². The van der Waals surface area contributed by atoms with Gasteiger partial charge in [0.2, 0.25) is 0 Å². The van der Waals surface area contributed by atoms with Gasteiger partial charge in [0, 0.05) is 12.2 Å². The number of carbonyl (C=O) groups excluding carboxylic acids is 2. The SMILES string of the molecule is COC(=O)C(CN1NC(=O)N(c2ccccc2)C1C)C(C)C. The van der Waals surface area contributed by atoms with Crippen LogP contribution in [0.25, 0.3) is 0 Å². The Balaban J connectivity index is 2.14. The molecular weight excluding hydrogens is 282 g/mol. The molecule has 2 rings (SSSR count). The summed E-state index contributed by atoms with van der Waals surface area (Å²) in [5.41, 5.74) is 3.66. The molecule has 6 nitrogen and oxygen atoms in total. The number of ether oxygens (including phenoxy) is 1. The molecule has 2 amide bonds. The average Bonchev–Trinajstić information content (AvgIpc) is 2.78. The number of methoxy groups -OCH3 is 1. The Morgan fingerprint density at radius 2 is 1.95 bits per heavy atom. The van der Waals surface area contributed by atoms with Crippen LogP contribution in [0.5, 0.6) is 0 Å². The minimum Gasteiger partial charge on any atom is -0.469 e. The van der Waals surface area contributed by atoms with Crippen LogP contribution in [0.4, 0.5) is 10.5 Å². The molecule has 22 heavy (non-hydrogen) atoms. The largest absolute Gasteiger partial charge is 0.469 e. The monoisotopic (exact) mass is 305 g/mol. The Bertz CT molecular complexity index is 533. The first-order valence-corrected chi connectivity index (χ1v) is 7.45. The van der Waals surface area contributed by atoms with Gasteiger partial charge in [0.1, 0.15) is 6.17 Å². The zero-order chi connectivity index (χ0) is 16.3. The van der Waals surface area contributed by atoms with Gasteiger partial charge in [-0.05, 0) is 25.0 Å². The zero-order valence-electron chi connectivity index (χ0n) is 13.4. The first-order chi connectivity index (χ1) is 10.5. The van der Waals surface area contributed by atoms with Gasteiger partial charge in [0.25, 0.3) is 0 Å². The second kappa shape index (κ2) is 6.79. The lowest BCUT2D eigenvalue weighted by Gasteiger charge is -2.28. The lowest BCUT2D eigenvalue weighted by atomic mass is 9.95. The zero-order valence-corrected chi connectivity index (χ0v) is 13.4. The van der Waals surface area contributed by atoms with Gasteiger partial charge in [0.05, 0.1) is 13.0 Å². The van der Waals surface area contributed by atoms with Crippen LogP contribution in [0, 0.1) is 11.8 Å². The molecular formula is C16H23N3O3. The first-order valence-electron chi connectivity index (χ1n) is 7.45. The summed E-state index contributed by atoms with van der Waals surface area (Å²) in [5.74, 6) is -0.416. The van der Waals surface area contributed by atoms with Crippen molar-refractivity contribution in [3.8, 4) is 0 Å². The van der Waals surface area contributed by atoms with Crippen LogP contribution >= 0.6 is 0 Å². The highest BCUT2D eigenvalue weighted by Crippen LogP contribution is 2.24. The van der Waals surface area contributed by atoms with Crippen LogP contribution in [-0.2, 0) is 9.53 Å². The summed E-state index contributed by atoms with van der Waals surface area (Å²) in [6, 6.07) is 9.28. The fourth-order valence-corrected chi connectivity index (χ4v) is 2.62. The molecule has 2 unspecified atom stereocenters. The first kappa shape index (κ1) is 16.3. The summed E-state index contributed by atoms with van der Waals surface area (Å²) in [7, 11) is 1.39. The summed E-state index contributed by atoms with van der Waals surface area (Å²) < 4.78 is 4.87.